The Labute approximate surface area is 88.3 Å². The molecule has 2 aromatic rings. The van der Waals surface area contributed by atoms with E-state index < -0.39 is 0 Å². The molecule has 0 atom stereocenters. The normalized spacial score (nSPS) is 10.6. The number of carbonyl (C=O) groups excluding carboxylic acids is 1. The SMILES string of the molecule is COc1cc(C)cc2c(C=O)cn(C)c12. The number of rotatable bonds is 2. The molecule has 0 fully saturated rings. The van der Waals surface area contributed by atoms with E-state index in [0.717, 1.165) is 28.5 Å². The largest absolute Gasteiger partial charge is 0.495 e. The first kappa shape index (κ1) is 9.77. The van der Waals surface area contributed by atoms with Crippen LogP contribution >= 0.6 is 0 Å². The van der Waals surface area contributed by atoms with Crippen molar-refractivity contribution in [1.29, 1.82) is 0 Å². The number of hydrogen-bond acceptors (Lipinski definition) is 2. The van der Waals surface area contributed by atoms with E-state index >= 15 is 0 Å². The number of aryl methyl sites for hydroxylation is 2. The zero-order valence-corrected chi connectivity index (χ0v) is 9.07. The minimum atomic E-state index is 0.703. The first-order chi connectivity index (χ1) is 7.17. The maximum Gasteiger partial charge on any atom is 0.152 e. The van der Waals surface area contributed by atoms with Gasteiger partial charge < -0.3 is 9.30 Å². The third-order valence-corrected chi connectivity index (χ3v) is 2.56. The highest BCUT2D eigenvalue weighted by molar-refractivity contribution is 6.00. The van der Waals surface area contributed by atoms with Gasteiger partial charge in [-0.1, -0.05) is 0 Å². The molecule has 2 rings (SSSR count). The quantitative estimate of drug-likeness (QED) is 0.701. The summed E-state index contributed by atoms with van der Waals surface area (Å²) >= 11 is 0. The Balaban J connectivity index is 2.91. The van der Waals surface area contributed by atoms with Gasteiger partial charge in [0.2, 0.25) is 0 Å². The molecule has 15 heavy (non-hydrogen) atoms. The van der Waals surface area contributed by atoms with Crippen molar-refractivity contribution in [3.8, 4) is 5.75 Å². The summed E-state index contributed by atoms with van der Waals surface area (Å²) in [4.78, 5) is 10.9. The molecule has 0 unspecified atom stereocenters. The number of fused-ring (bicyclic) bond motifs is 1. The number of hydrogen-bond donors (Lipinski definition) is 0. The molecule has 0 radical (unpaired) electrons. The summed E-state index contributed by atoms with van der Waals surface area (Å²) in [7, 11) is 3.55. The monoisotopic (exact) mass is 203 g/mol. The van der Waals surface area contributed by atoms with Crippen molar-refractivity contribution in [3.63, 3.8) is 0 Å². The summed E-state index contributed by atoms with van der Waals surface area (Å²) in [6.07, 6.45) is 2.70. The lowest BCUT2D eigenvalue weighted by atomic mass is 10.1. The van der Waals surface area contributed by atoms with Crippen LogP contribution in [-0.2, 0) is 7.05 Å². The van der Waals surface area contributed by atoms with Gasteiger partial charge in [-0.05, 0) is 24.6 Å². The molecule has 0 aliphatic heterocycles. The van der Waals surface area contributed by atoms with Gasteiger partial charge in [-0.15, -0.1) is 0 Å². The van der Waals surface area contributed by atoms with E-state index in [-0.39, 0.29) is 0 Å². The van der Waals surface area contributed by atoms with Crippen LogP contribution in [0.25, 0.3) is 10.9 Å². The van der Waals surface area contributed by atoms with Crippen LogP contribution in [0.5, 0.6) is 5.75 Å². The molecule has 1 aromatic carbocycles. The second kappa shape index (κ2) is 3.42. The first-order valence-electron chi connectivity index (χ1n) is 4.76. The number of methoxy groups -OCH3 is 1. The zero-order chi connectivity index (χ0) is 11.0. The van der Waals surface area contributed by atoms with E-state index in [2.05, 4.69) is 0 Å². The van der Waals surface area contributed by atoms with E-state index in [0.29, 0.717) is 5.56 Å². The van der Waals surface area contributed by atoms with Crippen molar-refractivity contribution in [1.82, 2.24) is 4.57 Å². The third kappa shape index (κ3) is 1.40. The van der Waals surface area contributed by atoms with Gasteiger partial charge in [-0.25, -0.2) is 0 Å². The summed E-state index contributed by atoms with van der Waals surface area (Å²) < 4.78 is 7.22. The fraction of sp³-hybridized carbons (Fsp3) is 0.250. The molecule has 0 saturated heterocycles. The summed E-state index contributed by atoms with van der Waals surface area (Å²) in [6.45, 7) is 1.99. The Bertz CT molecular complexity index is 526. The summed E-state index contributed by atoms with van der Waals surface area (Å²) in [6, 6.07) is 3.97. The molecule has 78 valence electrons. The Morgan fingerprint density at radius 3 is 2.73 bits per heavy atom. The van der Waals surface area contributed by atoms with Gasteiger partial charge in [0.25, 0.3) is 0 Å². The van der Waals surface area contributed by atoms with Crippen LogP contribution in [-0.4, -0.2) is 18.0 Å². The number of carbonyl (C=O) groups is 1. The molecule has 3 nitrogen and oxygen atoms in total. The van der Waals surface area contributed by atoms with E-state index in [1.165, 1.54) is 0 Å². The third-order valence-electron chi connectivity index (χ3n) is 2.56. The number of aromatic nitrogens is 1. The molecule has 0 saturated carbocycles. The summed E-state index contributed by atoms with van der Waals surface area (Å²) in [5, 5.41) is 0.948. The van der Waals surface area contributed by atoms with Gasteiger partial charge in [0.05, 0.1) is 12.6 Å². The zero-order valence-electron chi connectivity index (χ0n) is 9.07. The lowest BCUT2D eigenvalue weighted by Gasteiger charge is -2.05. The van der Waals surface area contributed by atoms with Crippen molar-refractivity contribution in [2.75, 3.05) is 7.11 Å². The standard InChI is InChI=1S/C12H13NO2/c1-8-4-10-9(7-14)6-13(2)12(10)11(5-8)15-3/h4-7H,1-3H3. The minimum absolute atomic E-state index is 0.703. The van der Waals surface area contributed by atoms with Crippen molar-refractivity contribution >= 4 is 17.2 Å². The van der Waals surface area contributed by atoms with Crippen LogP contribution in [0.2, 0.25) is 0 Å². The van der Waals surface area contributed by atoms with Gasteiger partial charge in [-0.2, -0.15) is 0 Å². The molecular weight excluding hydrogens is 190 g/mol. The van der Waals surface area contributed by atoms with Crippen LogP contribution in [0, 0.1) is 6.92 Å². The van der Waals surface area contributed by atoms with Crippen LogP contribution in [0.3, 0.4) is 0 Å². The van der Waals surface area contributed by atoms with Gasteiger partial charge in [0.15, 0.2) is 6.29 Å². The second-order valence-corrected chi connectivity index (χ2v) is 3.68. The van der Waals surface area contributed by atoms with E-state index in [1.807, 2.05) is 36.9 Å². The minimum Gasteiger partial charge on any atom is -0.495 e. The van der Waals surface area contributed by atoms with E-state index in [1.54, 1.807) is 7.11 Å². The van der Waals surface area contributed by atoms with Gasteiger partial charge in [0, 0.05) is 24.2 Å². The first-order valence-corrected chi connectivity index (χ1v) is 4.76. The molecule has 1 heterocycles. The van der Waals surface area contributed by atoms with Gasteiger partial charge in [-0.3, -0.25) is 4.79 Å². The number of aldehydes is 1. The number of nitrogens with zero attached hydrogens (tertiary/aromatic N) is 1. The average molecular weight is 203 g/mol. The van der Waals surface area contributed by atoms with Crippen molar-refractivity contribution in [3.05, 3.63) is 29.5 Å². The molecular formula is C12H13NO2. The number of ether oxygens (including phenoxy) is 1. The molecule has 1 aromatic heterocycles. The number of benzene rings is 1. The molecule has 0 aliphatic carbocycles. The molecule has 0 spiro atoms. The fourth-order valence-corrected chi connectivity index (χ4v) is 1.92. The second-order valence-electron chi connectivity index (χ2n) is 3.68. The summed E-state index contributed by atoms with van der Waals surface area (Å²) in [5.74, 6) is 0.806. The van der Waals surface area contributed by atoms with Gasteiger partial charge >= 0.3 is 0 Å². The Hall–Kier alpha value is -1.77. The van der Waals surface area contributed by atoms with Crippen molar-refractivity contribution < 1.29 is 9.53 Å². The van der Waals surface area contributed by atoms with Crippen LogP contribution in [0.4, 0.5) is 0 Å². The predicted octanol–water partition coefficient (Wildman–Crippen LogP) is 2.31. The van der Waals surface area contributed by atoms with E-state index in [9.17, 15) is 4.79 Å². The van der Waals surface area contributed by atoms with Crippen molar-refractivity contribution in [2.24, 2.45) is 7.05 Å². The highest BCUT2D eigenvalue weighted by Crippen LogP contribution is 2.29. The Morgan fingerprint density at radius 2 is 2.13 bits per heavy atom. The molecule has 3 heteroatoms. The maximum absolute atomic E-state index is 10.9. The van der Waals surface area contributed by atoms with Crippen LogP contribution in [0.15, 0.2) is 18.3 Å². The molecule has 0 N–H and O–H groups in total. The Morgan fingerprint density at radius 1 is 1.40 bits per heavy atom. The lowest BCUT2D eigenvalue weighted by Crippen LogP contribution is -1.90. The summed E-state index contributed by atoms with van der Waals surface area (Å²) in [5.41, 5.74) is 2.76. The molecule has 0 bridgehead atoms. The van der Waals surface area contributed by atoms with Crippen LogP contribution < -0.4 is 4.74 Å². The molecule has 0 aliphatic rings. The maximum atomic E-state index is 10.9. The molecule has 0 amide bonds. The average Bonchev–Trinajstić information content (AvgIpc) is 2.54. The van der Waals surface area contributed by atoms with E-state index in [4.69, 9.17) is 4.74 Å². The van der Waals surface area contributed by atoms with Gasteiger partial charge in [0.1, 0.15) is 5.75 Å². The topological polar surface area (TPSA) is 31.2 Å². The highest BCUT2D eigenvalue weighted by Gasteiger charge is 2.11. The fourth-order valence-electron chi connectivity index (χ4n) is 1.92. The van der Waals surface area contributed by atoms with Crippen LogP contribution in [0.1, 0.15) is 15.9 Å². The Kier molecular flexibility index (Phi) is 2.23. The highest BCUT2D eigenvalue weighted by atomic mass is 16.5. The smallest absolute Gasteiger partial charge is 0.152 e. The van der Waals surface area contributed by atoms with Crippen molar-refractivity contribution in [2.45, 2.75) is 6.92 Å². The predicted molar refractivity (Wildman–Crippen MR) is 59.6 cm³/mol. The lowest BCUT2D eigenvalue weighted by molar-refractivity contribution is 0.112.